The molecule has 44 heavy (non-hydrogen) atoms. The Kier molecular flexibility index (Phi) is 10.5. The summed E-state index contributed by atoms with van der Waals surface area (Å²) < 4.78 is 20.6. The van der Waals surface area contributed by atoms with E-state index < -0.39 is 6.04 Å². The lowest BCUT2D eigenvalue weighted by molar-refractivity contribution is -0.113. The molecular formula is C33H36BrN5O4S. The van der Waals surface area contributed by atoms with Crippen molar-refractivity contribution in [2.75, 3.05) is 36.2 Å². The standard InChI is InChI=1S/C33H36BrN5O4S/c1-5-41-26-16-12-11-15-25(26)36-31(40)28-21(4)35-32-37-33(44-7-3)38-39(32)29(28)23-19-24(34)30(27(20-23)42-6-2)43-18-17-22-13-9-8-10-14-22/h8-16,19-20,29H,5-7,17-18H2,1-4H3,(H,36,40)(H,35,37,38). The summed E-state index contributed by atoms with van der Waals surface area (Å²) in [6.45, 7) is 9.17. The molecule has 1 unspecified atom stereocenters. The Labute approximate surface area is 270 Å². The van der Waals surface area contributed by atoms with Gasteiger partial charge in [-0.1, -0.05) is 61.2 Å². The number of benzene rings is 3. The first-order valence-corrected chi connectivity index (χ1v) is 16.4. The lowest BCUT2D eigenvalue weighted by Crippen LogP contribution is -2.31. The van der Waals surface area contributed by atoms with Crippen LogP contribution in [0.5, 0.6) is 17.2 Å². The van der Waals surface area contributed by atoms with Gasteiger partial charge >= 0.3 is 0 Å². The summed E-state index contributed by atoms with van der Waals surface area (Å²) in [4.78, 5) is 18.8. The number of aromatic nitrogens is 3. The van der Waals surface area contributed by atoms with Crippen molar-refractivity contribution in [2.45, 2.75) is 45.3 Å². The third-order valence-corrected chi connectivity index (χ3v) is 8.22. The average molecular weight is 679 g/mol. The first kappa shape index (κ1) is 31.5. The third kappa shape index (κ3) is 7.05. The smallest absolute Gasteiger partial charge is 0.255 e. The number of carbonyl (C=O) groups is 1. The van der Waals surface area contributed by atoms with Crippen LogP contribution in [0.1, 0.15) is 44.9 Å². The first-order chi connectivity index (χ1) is 21.4. The molecule has 1 aliphatic heterocycles. The van der Waals surface area contributed by atoms with Crippen LogP contribution >= 0.6 is 27.7 Å². The Hall–Kier alpha value is -3.96. The number of hydrogen-bond donors (Lipinski definition) is 2. The van der Waals surface area contributed by atoms with Crippen molar-refractivity contribution in [2.24, 2.45) is 0 Å². The molecule has 1 aliphatic rings. The van der Waals surface area contributed by atoms with E-state index in [4.69, 9.17) is 24.3 Å². The van der Waals surface area contributed by atoms with E-state index >= 15 is 0 Å². The number of allylic oxidation sites excluding steroid dienone is 1. The number of anilines is 2. The molecule has 4 aromatic rings. The molecule has 230 valence electrons. The van der Waals surface area contributed by atoms with Crippen molar-refractivity contribution in [3.8, 4) is 17.2 Å². The van der Waals surface area contributed by atoms with E-state index in [1.165, 1.54) is 17.3 Å². The largest absolute Gasteiger partial charge is 0.492 e. The molecule has 2 heterocycles. The van der Waals surface area contributed by atoms with Gasteiger partial charge in [-0.25, -0.2) is 4.68 Å². The quantitative estimate of drug-likeness (QED) is 0.140. The summed E-state index contributed by atoms with van der Waals surface area (Å²) in [6, 6.07) is 20.9. The maximum atomic E-state index is 14.1. The minimum atomic E-state index is -0.599. The number of nitrogens with one attached hydrogen (secondary N) is 2. The Morgan fingerprint density at radius 2 is 1.73 bits per heavy atom. The second kappa shape index (κ2) is 14.7. The monoisotopic (exact) mass is 677 g/mol. The summed E-state index contributed by atoms with van der Waals surface area (Å²) in [5.41, 5.74) is 3.73. The number of ether oxygens (including phenoxy) is 3. The van der Waals surface area contributed by atoms with Crippen molar-refractivity contribution in [1.29, 1.82) is 0 Å². The normalized spacial score (nSPS) is 14.1. The maximum absolute atomic E-state index is 14.1. The lowest BCUT2D eigenvalue weighted by Gasteiger charge is -2.29. The van der Waals surface area contributed by atoms with Crippen LogP contribution < -0.4 is 24.8 Å². The van der Waals surface area contributed by atoms with Gasteiger partial charge in [-0.2, -0.15) is 4.98 Å². The molecule has 0 bridgehead atoms. The van der Waals surface area contributed by atoms with E-state index in [2.05, 4.69) is 45.6 Å². The number of nitrogens with zero attached hydrogens (tertiary/aromatic N) is 3. The second-order valence-electron chi connectivity index (χ2n) is 9.89. The van der Waals surface area contributed by atoms with Crippen LogP contribution in [0.2, 0.25) is 0 Å². The van der Waals surface area contributed by atoms with E-state index in [1.54, 1.807) is 4.68 Å². The van der Waals surface area contributed by atoms with Gasteiger partial charge in [0.15, 0.2) is 11.5 Å². The Bertz CT molecular complexity index is 1640. The summed E-state index contributed by atoms with van der Waals surface area (Å²) in [5, 5.41) is 11.8. The molecule has 0 radical (unpaired) electrons. The van der Waals surface area contributed by atoms with Crippen LogP contribution in [-0.2, 0) is 11.2 Å². The van der Waals surface area contributed by atoms with E-state index in [9.17, 15) is 4.79 Å². The third-order valence-electron chi connectivity index (χ3n) is 6.91. The molecule has 0 fully saturated rings. The number of thioether (sulfide) groups is 1. The molecular weight excluding hydrogens is 642 g/mol. The summed E-state index contributed by atoms with van der Waals surface area (Å²) in [7, 11) is 0. The van der Waals surface area contributed by atoms with Crippen molar-refractivity contribution in [3.05, 3.63) is 93.6 Å². The molecule has 0 saturated heterocycles. The molecule has 1 amide bonds. The zero-order chi connectivity index (χ0) is 31.1. The molecule has 1 aromatic heterocycles. The van der Waals surface area contributed by atoms with Gasteiger partial charge in [-0.3, -0.25) is 4.79 Å². The molecule has 3 aromatic carbocycles. The Morgan fingerprint density at radius 1 is 1.00 bits per heavy atom. The van der Waals surface area contributed by atoms with Gasteiger partial charge in [-0.05, 0) is 77.8 Å². The highest BCUT2D eigenvalue weighted by Gasteiger charge is 2.35. The number of carbonyl (C=O) groups excluding carboxylic acids is 1. The fourth-order valence-electron chi connectivity index (χ4n) is 5.03. The number of para-hydroxylation sites is 2. The van der Waals surface area contributed by atoms with Crippen LogP contribution in [0.4, 0.5) is 11.6 Å². The highest BCUT2D eigenvalue weighted by molar-refractivity contribution is 9.10. The highest BCUT2D eigenvalue weighted by Crippen LogP contribution is 2.43. The Morgan fingerprint density at radius 3 is 2.48 bits per heavy atom. The summed E-state index contributed by atoms with van der Waals surface area (Å²) in [5.74, 6) is 2.88. The fraction of sp³-hybridized carbons (Fsp3) is 0.303. The topological polar surface area (TPSA) is 99.5 Å². The minimum Gasteiger partial charge on any atom is -0.492 e. The van der Waals surface area contributed by atoms with Crippen LogP contribution in [-0.4, -0.2) is 46.2 Å². The van der Waals surface area contributed by atoms with Gasteiger partial charge in [0.25, 0.3) is 5.91 Å². The number of amides is 1. The van der Waals surface area contributed by atoms with E-state index in [1.807, 2.05) is 75.4 Å². The second-order valence-corrected chi connectivity index (χ2v) is 12.0. The zero-order valence-electron chi connectivity index (χ0n) is 25.2. The van der Waals surface area contributed by atoms with Crippen molar-refractivity contribution >= 4 is 45.2 Å². The van der Waals surface area contributed by atoms with Gasteiger partial charge in [0.05, 0.1) is 35.6 Å². The van der Waals surface area contributed by atoms with Crippen LogP contribution in [0, 0.1) is 0 Å². The van der Waals surface area contributed by atoms with Crippen LogP contribution in [0.25, 0.3) is 0 Å². The molecule has 9 nitrogen and oxygen atoms in total. The first-order valence-electron chi connectivity index (χ1n) is 14.7. The number of fused-ring (bicyclic) bond motifs is 1. The molecule has 2 N–H and O–H groups in total. The molecule has 0 aliphatic carbocycles. The number of hydrogen-bond acceptors (Lipinski definition) is 8. The van der Waals surface area contributed by atoms with Gasteiger partial charge in [0.2, 0.25) is 11.1 Å². The molecule has 1 atom stereocenters. The number of rotatable bonds is 13. The van der Waals surface area contributed by atoms with Gasteiger partial charge in [-0.15, -0.1) is 5.10 Å². The number of halogens is 1. The molecule has 5 rings (SSSR count). The van der Waals surface area contributed by atoms with E-state index in [0.717, 1.165) is 17.7 Å². The fourth-order valence-corrected chi connectivity index (χ4v) is 6.16. The molecule has 11 heteroatoms. The van der Waals surface area contributed by atoms with Crippen LogP contribution in [0.15, 0.2) is 87.6 Å². The maximum Gasteiger partial charge on any atom is 0.255 e. The van der Waals surface area contributed by atoms with Gasteiger partial charge in [0.1, 0.15) is 11.8 Å². The SMILES string of the molecule is CCOc1ccccc1NC(=O)C1=C(C)Nc2nc(SCC)nn2C1c1cc(Br)c(OCCc2ccccc2)c(OCC)c1. The van der Waals surface area contributed by atoms with Crippen molar-refractivity contribution < 1.29 is 19.0 Å². The van der Waals surface area contributed by atoms with Crippen molar-refractivity contribution in [1.82, 2.24) is 14.8 Å². The minimum absolute atomic E-state index is 0.282. The van der Waals surface area contributed by atoms with Crippen LogP contribution in [0.3, 0.4) is 0 Å². The highest BCUT2D eigenvalue weighted by atomic mass is 79.9. The lowest BCUT2D eigenvalue weighted by atomic mass is 9.94. The molecule has 0 spiro atoms. The van der Waals surface area contributed by atoms with E-state index in [-0.39, 0.29) is 5.91 Å². The Balaban J connectivity index is 1.53. The van der Waals surface area contributed by atoms with Gasteiger partial charge < -0.3 is 24.8 Å². The predicted molar refractivity (Wildman–Crippen MR) is 178 cm³/mol. The zero-order valence-corrected chi connectivity index (χ0v) is 27.6. The van der Waals surface area contributed by atoms with Crippen molar-refractivity contribution in [3.63, 3.8) is 0 Å². The summed E-state index contributed by atoms with van der Waals surface area (Å²) >= 11 is 5.28. The summed E-state index contributed by atoms with van der Waals surface area (Å²) in [6.07, 6.45) is 0.755. The van der Waals surface area contributed by atoms with Gasteiger partial charge in [0, 0.05) is 12.1 Å². The predicted octanol–water partition coefficient (Wildman–Crippen LogP) is 7.50. The molecule has 0 saturated carbocycles. The average Bonchev–Trinajstić information content (AvgIpc) is 3.41. The van der Waals surface area contributed by atoms with E-state index in [0.29, 0.717) is 69.6 Å².